The number of benzene rings is 1. The fourth-order valence-corrected chi connectivity index (χ4v) is 2.28. The number of carboxylic acids is 1. The van der Waals surface area contributed by atoms with Crippen LogP contribution in [0.1, 0.15) is 10.4 Å². The van der Waals surface area contributed by atoms with Crippen LogP contribution < -0.4 is 0 Å². The summed E-state index contributed by atoms with van der Waals surface area (Å²) in [5.41, 5.74) is 0.702. The summed E-state index contributed by atoms with van der Waals surface area (Å²) in [4.78, 5) is 10.8. The van der Waals surface area contributed by atoms with Crippen LogP contribution in [-0.2, 0) is 0 Å². The van der Waals surface area contributed by atoms with Gasteiger partial charge in [-0.05, 0) is 30.4 Å². The van der Waals surface area contributed by atoms with E-state index >= 15 is 0 Å². The van der Waals surface area contributed by atoms with Crippen molar-refractivity contribution in [1.29, 1.82) is 0 Å². The summed E-state index contributed by atoms with van der Waals surface area (Å²) in [5, 5.41) is 19.9. The molecule has 1 aromatic carbocycles. The van der Waals surface area contributed by atoms with E-state index in [1.54, 1.807) is 12.1 Å². The highest BCUT2D eigenvalue weighted by Crippen LogP contribution is 2.23. The second-order valence-electron chi connectivity index (χ2n) is 3.05. The van der Waals surface area contributed by atoms with Crippen LogP contribution in [0.25, 0.3) is 5.69 Å². The van der Waals surface area contributed by atoms with E-state index in [4.69, 9.17) is 17.3 Å². The molecule has 0 fully saturated rings. The lowest BCUT2D eigenvalue weighted by atomic mass is 10.2. The van der Waals surface area contributed by atoms with Gasteiger partial charge in [0.1, 0.15) is 0 Å². The first-order chi connectivity index (χ1) is 7.59. The normalized spacial score (nSPS) is 10.2. The van der Waals surface area contributed by atoms with Gasteiger partial charge in [0.25, 0.3) is 0 Å². The van der Waals surface area contributed by atoms with E-state index in [0.29, 0.717) is 9.64 Å². The molecule has 0 saturated carbocycles. The Hall–Kier alpha value is -1.66. The summed E-state index contributed by atoms with van der Waals surface area (Å²) in [7, 11) is 0. The van der Waals surface area contributed by atoms with Crippen molar-refractivity contribution >= 4 is 29.5 Å². The van der Waals surface area contributed by atoms with Crippen molar-refractivity contribution in [2.45, 2.75) is 0 Å². The third-order valence-electron chi connectivity index (χ3n) is 2.03. The summed E-state index contributed by atoms with van der Waals surface area (Å²) >= 11 is 6.26. The van der Waals surface area contributed by atoms with Gasteiger partial charge in [-0.2, -0.15) is 0 Å². The van der Waals surface area contributed by atoms with Crippen LogP contribution in [0, 0.1) is 3.95 Å². The molecular formula is C10H7NO3S2. The molecule has 0 aliphatic rings. The van der Waals surface area contributed by atoms with E-state index in [1.165, 1.54) is 33.4 Å². The average molecular weight is 253 g/mol. The zero-order valence-electron chi connectivity index (χ0n) is 7.95. The van der Waals surface area contributed by atoms with Crippen LogP contribution in [0.5, 0.6) is 5.88 Å². The van der Waals surface area contributed by atoms with E-state index in [-0.39, 0.29) is 11.4 Å². The van der Waals surface area contributed by atoms with Crippen molar-refractivity contribution in [2.75, 3.05) is 0 Å². The van der Waals surface area contributed by atoms with Crippen molar-refractivity contribution < 1.29 is 15.0 Å². The summed E-state index contributed by atoms with van der Waals surface area (Å²) in [6.07, 6.45) is 0. The van der Waals surface area contributed by atoms with Gasteiger partial charge < -0.3 is 10.2 Å². The summed E-state index contributed by atoms with van der Waals surface area (Å²) in [6.45, 7) is 0. The van der Waals surface area contributed by atoms with Crippen LogP contribution in [0.4, 0.5) is 0 Å². The fraction of sp³-hybridized carbons (Fsp3) is 0. The van der Waals surface area contributed by atoms with Gasteiger partial charge in [0, 0.05) is 0 Å². The summed E-state index contributed by atoms with van der Waals surface area (Å²) < 4.78 is 1.90. The van der Waals surface area contributed by atoms with Gasteiger partial charge in [0.15, 0.2) is 3.95 Å². The van der Waals surface area contributed by atoms with Crippen LogP contribution in [-0.4, -0.2) is 20.7 Å². The molecule has 0 amide bonds. The molecule has 0 bridgehead atoms. The third kappa shape index (κ3) is 1.84. The molecule has 4 nitrogen and oxygen atoms in total. The standard InChI is InChI=1S/C10H7NO3S2/c12-8-5-16-10(15)11(8)7-3-1-2-6(4-7)9(13)14/h1-5,12H,(H,13,14). The predicted octanol–water partition coefficient (Wildman–Crippen LogP) is 2.67. The van der Waals surface area contributed by atoms with E-state index in [0.717, 1.165) is 0 Å². The number of thiazole rings is 1. The molecule has 0 spiro atoms. The zero-order chi connectivity index (χ0) is 11.7. The molecule has 0 saturated heterocycles. The predicted molar refractivity (Wildman–Crippen MR) is 63.1 cm³/mol. The molecular weight excluding hydrogens is 246 g/mol. The molecule has 0 radical (unpaired) electrons. The van der Waals surface area contributed by atoms with Gasteiger partial charge in [-0.25, -0.2) is 4.79 Å². The largest absolute Gasteiger partial charge is 0.494 e. The quantitative estimate of drug-likeness (QED) is 0.808. The number of rotatable bonds is 2. The number of aromatic hydroxyl groups is 1. The van der Waals surface area contributed by atoms with E-state index in [9.17, 15) is 9.90 Å². The topological polar surface area (TPSA) is 62.5 Å². The van der Waals surface area contributed by atoms with E-state index in [1.807, 2.05) is 0 Å². The van der Waals surface area contributed by atoms with Gasteiger partial charge in [0.05, 0.1) is 16.6 Å². The van der Waals surface area contributed by atoms with Crippen LogP contribution >= 0.6 is 23.6 Å². The van der Waals surface area contributed by atoms with E-state index in [2.05, 4.69) is 0 Å². The third-order valence-corrected chi connectivity index (χ3v) is 3.21. The molecule has 16 heavy (non-hydrogen) atoms. The Labute approximate surface area is 100 Å². The molecule has 0 aliphatic heterocycles. The van der Waals surface area contributed by atoms with Gasteiger partial charge in [0.2, 0.25) is 5.88 Å². The zero-order valence-corrected chi connectivity index (χ0v) is 9.59. The fourth-order valence-electron chi connectivity index (χ4n) is 1.32. The molecule has 1 aromatic heterocycles. The van der Waals surface area contributed by atoms with Crippen LogP contribution in [0.2, 0.25) is 0 Å². The lowest BCUT2D eigenvalue weighted by molar-refractivity contribution is 0.0697. The second kappa shape index (κ2) is 4.07. The van der Waals surface area contributed by atoms with Crippen molar-refractivity contribution in [3.8, 4) is 11.6 Å². The lowest BCUT2D eigenvalue weighted by Crippen LogP contribution is -1.99. The minimum absolute atomic E-state index is 0.0116. The van der Waals surface area contributed by atoms with E-state index < -0.39 is 5.97 Å². The number of aromatic carboxylic acids is 1. The Kier molecular flexibility index (Phi) is 2.76. The molecule has 2 aromatic rings. The number of hydrogen-bond acceptors (Lipinski definition) is 4. The maximum atomic E-state index is 10.8. The molecule has 0 unspecified atom stereocenters. The SMILES string of the molecule is O=C(O)c1cccc(-n2c(O)csc2=S)c1. The summed E-state index contributed by atoms with van der Waals surface area (Å²) in [6, 6.07) is 6.25. The first kappa shape index (κ1) is 10.8. The van der Waals surface area contributed by atoms with Gasteiger partial charge in [-0.15, -0.1) is 11.3 Å². The number of hydrogen-bond donors (Lipinski definition) is 2. The Morgan fingerprint density at radius 1 is 1.44 bits per heavy atom. The van der Waals surface area contributed by atoms with Crippen molar-refractivity contribution in [3.05, 3.63) is 39.2 Å². The number of carboxylic acid groups (broad SMARTS) is 1. The van der Waals surface area contributed by atoms with Crippen molar-refractivity contribution in [2.24, 2.45) is 0 Å². The molecule has 1 heterocycles. The van der Waals surface area contributed by atoms with Crippen LogP contribution in [0.3, 0.4) is 0 Å². The van der Waals surface area contributed by atoms with Crippen LogP contribution in [0.15, 0.2) is 29.6 Å². The number of aromatic nitrogens is 1. The highest BCUT2D eigenvalue weighted by atomic mass is 32.1. The highest BCUT2D eigenvalue weighted by molar-refractivity contribution is 7.73. The second-order valence-corrected chi connectivity index (χ2v) is 4.55. The maximum Gasteiger partial charge on any atom is 0.335 e. The minimum Gasteiger partial charge on any atom is -0.494 e. The smallest absolute Gasteiger partial charge is 0.335 e. The summed E-state index contributed by atoms with van der Waals surface area (Å²) in [5.74, 6) is -0.999. The number of carbonyl (C=O) groups is 1. The molecule has 6 heteroatoms. The molecule has 2 rings (SSSR count). The Bertz CT molecular complexity index is 600. The molecule has 2 N–H and O–H groups in total. The average Bonchev–Trinajstić information content (AvgIpc) is 2.59. The first-order valence-electron chi connectivity index (χ1n) is 4.33. The molecule has 0 atom stereocenters. The van der Waals surface area contributed by atoms with Crippen molar-refractivity contribution in [3.63, 3.8) is 0 Å². The molecule has 82 valence electrons. The Morgan fingerprint density at radius 2 is 2.19 bits per heavy atom. The van der Waals surface area contributed by atoms with Crippen molar-refractivity contribution in [1.82, 2.24) is 4.57 Å². The van der Waals surface area contributed by atoms with Gasteiger partial charge in [-0.1, -0.05) is 6.07 Å². The van der Waals surface area contributed by atoms with Gasteiger partial charge in [-0.3, -0.25) is 4.57 Å². The number of nitrogens with zero attached hydrogens (tertiary/aromatic N) is 1. The minimum atomic E-state index is -1.01. The Morgan fingerprint density at radius 3 is 2.75 bits per heavy atom. The Balaban J connectivity index is 2.61. The first-order valence-corrected chi connectivity index (χ1v) is 5.61. The monoisotopic (exact) mass is 253 g/mol. The highest BCUT2D eigenvalue weighted by Gasteiger charge is 2.08. The lowest BCUT2D eigenvalue weighted by Gasteiger charge is -2.04. The maximum absolute atomic E-state index is 10.8. The molecule has 0 aliphatic carbocycles. The van der Waals surface area contributed by atoms with Gasteiger partial charge >= 0.3 is 5.97 Å².